The van der Waals surface area contributed by atoms with Crippen LogP contribution in [0.2, 0.25) is 0 Å². The zero-order valence-electron chi connectivity index (χ0n) is 10.5. The molecule has 0 bridgehead atoms. The molecule has 0 aromatic carbocycles. The van der Waals surface area contributed by atoms with Crippen LogP contribution in [-0.2, 0) is 0 Å². The molecule has 6 heteroatoms. The van der Waals surface area contributed by atoms with Gasteiger partial charge in [-0.25, -0.2) is 4.98 Å². The Labute approximate surface area is 114 Å². The number of rotatable bonds is 2. The van der Waals surface area contributed by atoms with E-state index in [-0.39, 0.29) is 5.92 Å². The Hall–Kier alpha value is -2.26. The highest BCUT2D eigenvalue weighted by atomic mass is 32.1. The first-order valence-electron chi connectivity index (χ1n) is 5.90. The molecule has 0 aliphatic heterocycles. The van der Waals surface area contributed by atoms with Gasteiger partial charge in [0.2, 0.25) is 4.96 Å². The first kappa shape index (κ1) is 11.8. The summed E-state index contributed by atoms with van der Waals surface area (Å²) in [5, 5.41) is 14.6. The van der Waals surface area contributed by atoms with Gasteiger partial charge in [0, 0.05) is 18.0 Å². The molecule has 0 saturated carbocycles. The van der Waals surface area contributed by atoms with Crippen molar-refractivity contribution in [2.75, 3.05) is 0 Å². The molecule has 0 N–H and O–H groups in total. The standard InChI is InChI=1S/C13H11N5S/c1-8(2)11-10(7-14)18-13(16-11)19-12(17-18)9-3-5-15-6-4-9/h3-6,8H,1-2H3. The second-order valence-electron chi connectivity index (χ2n) is 4.45. The Morgan fingerprint density at radius 1 is 1.32 bits per heavy atom. The van der Waals surface area contributed by atoms with Gasteiger partial charge in [-0.2, -0.15) is 14.9 Å². The molecule has 5 nitrogen and oxygen atoms in total. The van der Waals surface area contributed by atoms with E-state index >= 15 is 0 Å². The SMILES string of the molecule is CC(C)c1nc2sc(-c3ccncc3)nn2c1C#N. The smallest absolute Gasteiger partial charge is 0.213 e. The lowest BCUT2D eigenvalue weighted by molar-refractivity contribution is 0.822. The zero-order valence-corrected chi connectivity index (χ0v) is 11.3. The topological polar surface area (TPSA) is 66.9 Å². The Morgan fingerprint density at radius 2 is 2.05 bits per heavy atom. The van der Waals surface area contributed by atoms with Crippen LogP contribution in [0.25, 0.3) is 15.5 Å². The van der Waals surface area contributed by atoms with Crippen LogP contribution in [0.15, 0.2) is 24.5 Å². The Bertz CT molecular complexity index is 764. The molecule has 0 atom stereocenters. The molecule has 0 spiro atoms. The van der Waals surface area contributed by atoms with Gasteiger partial charge in [0.05, 0.1) is 5.69 Å². The minimum atomic E-state index is 0.216. The molecule has 3 heterocycles. The van der Waals surface area contributed by atoms with Crippen molar-refractivity contribution in [2.45, 2.75) is 19.8 Å². The van der Waals surface area contributed by atoms with E-state index in [2.05, 4.69) is 21.1 Å². The number of aromatic nitrogens is 4. The van der Waals surface area contributed by atoms with Gasteiger partial charge in [0.1, 0.15) is 11.1 Å². The predicted octanol–water partition coefficient (Wildman–Crippen LogP) is 2.85. The van der Waals surface area contributed by atoms with Crippen LogP contribution in [0.4, 0.5) is 0 Å². The van der Waals surface area contributed by atoms with Crippen molar-refractivity contribution in [3.8, 4) is 16.6 Å². The van der Waals surface area contributed by atoms with Gasteiger partial charge in [-0.1, -0.05) is 25.2 Å². The average Bonchev–Trinajstić information content (AvgIpc) is 2.96. The molecule has 94 valence electrons. The summed E-state index contributed by atoms with van der Waals surface area (Å²) in [6.07, 6.45) is 3.45. The highest BCUT2D eigenvalue weighted by Crippen LogP contribution is 2.28. The molecule has 0 saturated heterocycles. The number of hydrogen-bond acceptors (Lipinski definition) is 5. The molecular formula is C13H11N5S. The van der Waals surface area contributed by atoms with E-state index in [1.807, 2.05) is 26.0 Å². The molecule has 0 unspecified atom stereocenters. The van der Waals surface area contributed by atoms with Crippen LogP contribution in [0.5, 0.6) is 0 Å². The summed E-state index contributed by atoms with van der Waals surface area (Å²) < 4.78 is 1.63. The highest BCUT2D eigenvalue weighted by molar-refractivity contribution is 7.19. The van der Waals surface area contributed by atoms with Crippen molar-refractivity contribution in [1.82, 2.24) is 19.6 Å². The molecule has 3 aromatic rings. The lowest BCUT2D eigenvalue weighted by Crippen LogP contribution is -1.95. The number of imidazole rings is 1. The Kier molecular flexibility index (Phi) is 2.76. The van der Waals surface area contributed by atoms with E-state index in [1.165, 1.54) is 11.3 Å². The lowest BCUT2D eigenvalue weighted by atomic mass is 10.1. The number of nitrogens with zero attached hydrogens (tertiary/aromatic N) is 5. The van der Waals surface area contributed by atoms with Crippen molar-refractivity contribution in [1.29, 1.82) is 5.26 Å². The third-order valence-corrected chi connectivity index (χ3v) is 3.77. The van der Waals surface area contributed by atoms with Crippen molar-refractivity contribution in [3.63, 3.8) is 0 Å². The molecule has 0 radical (unpaired) electrons. The second kappa shape index (κ2) is 4.44. The van der Waals surface area contributed by atoms with Crippen molar-refractivity contribution >= 4 is 16.3 Å². The van der Waals surface area contributed by atoms with Crippen LogP contribution in [0, 0.1) is 11.3 Å². The Balaban J connectivity index is 2.19. The van der Waals surface area contributed by atoms with Crippen molar-refractivity contribution in [3.05, 3.63) is 35.9 Å². The third-order valence-electron chi connectivity index (χ3n) is 2.81. The highest BCUT2D eigenvalue weighted by Gasteiger charge is 2.18. The van der Waals surface area contributed by atoms with Gasteiger partial charge in [0.15, 0.2) is 5.69 Å². The molecular weight excluding hydrogens is 258 g/mol. The molecule has 0 aliphatic rings. The van der Waals surface area contributed by atoms with Crippen LogP contribution in [-0.4, -0.2) is 19.6 Å². The first-order chi connectivity index (χ1) is 9.20. The van der Waals surface area contributed by atoms with E-state index < -0.39 is 0 Å². The summed E-state index contributed by atoms with van der Waals surface area (Å²) in [6.45, 7) is 4.05. The summed E-state index contributed by atoms with van der Waals surface area (Å²) in [5.41, 5.74) is 2.32. The molecule has 3 aromatic heterocycles. The van der Waals surface area contributed by atoms with Crippen LogP contribution < -0.4 is 0 Å². The maximum absolute atomic E-state index is 9.28. The van der Waals surface area contributed by atoms with Gasteiger partial charge in [-0.15, -0.1) is 0 Å². The van der Waals surface area contributed by atoms with Gasteiger partial charge in [-0.3, -0.25) is 4.98 Å². The summed E-state index contributed by atoms with van der Waals surface area (Å²) in [4.78, 5) is 9.25. The van der Waals surface area contributed by atoms with Gasteiger partial charge < -0.3 is 0 Å². The van der Waals surface area contributed by atoms with E-state index in [1.54, 1.807) is 16.9 Å². The molecule has 0 aliphatic carbocycles. The van der Waals surface area contributed by atoms with Crippen LogP contribution in [0.3, 0.4) is 0 Å². The molecule has 3 rings (SSSR count). The largest absolute Gasteiger partial charge is 0.265 e. The lowest BCUT2D eigenvalue weighted by Gasteiger charge is -1.99. The zero-order chi connectivity index (χ0) is 13.4. The average molecular weight is 269 g/mol. The number of hydrogen-bond donors (Lipinski definition) is 0. The second-order valence-corrected chi connectivity index (χ2v) is 5.41. The number of nitriles is 1. The number of pyridine rings is 1. The maximum atomic E-state index is 9.28. The number of fused-ring (bicyclic) bond motifs is 1. The van der Waals surface area contributed by atoms with Crippen LogP contribution in [0.1, 0.15) is 31.2 Å². The van der Waals surface area contributed by atoms with Gasteiger partial charge in [-0.05, 0) is 18.1 Å². The molecule has 0 amide bonds. The van der Waals surface area contributed by atoms with Crippen molar-refractivity contribution < 1.29 is 0 Å². The fourth-order valence-corrected chi connectivity index (χ4v) is 2.79. The third kappa shape index (κ3) is 1.88. The van der Waals surface area contributed by atoms with Crippen LogP contribution >= 0.6 is 11.3 Å². The minimum Gasteiger partial charge on any atom is -0.265 e. The fraction of sp³-hybridized carbons (Fsp3) is 0.231. The summed E-state index contributed by atoms with van der Waals surface area (Å²) in [6, 6.07) is 5.99. The fourth-order valence-electron chi connectivity index (χ4n) is 1.88. The Morgan fingerprint density at radius 3 is 2.68 bits per heavy atom. The molecule has 0 fully saturated rings. The minimum absolute atomic E-state index is 0.216. The van der Waals surface area contributed by atoms with Gasteiger partial charge >= 0.3 is 0 Å². The van der Waals surface area contributed by atoms with E-state index in [0.717, 1.165) is 21.2 Å². The summed E-state index contributed by atoms with van der Waals surface area (Å²) in [7, 11) is 0. The maximum Gasteiger partial charge on any atom is 0.213 e. The molecule has 19 heavy (non-hydrogen) atoms. The van der Waals surface area contributed by atoms with E-state index in [0.29, 0.717) is 5.69 Å². The predicted molar refractivity (Wildman–Crippen MR) is 72.9 cm³/mol. The van der Waals surface area contributed by atoms with E-state index in [4.69, 9.17) is 0 Å². The van der Waals surface area contributed by atoms with Crippen molar-refractivity contribution in [2.24, 2.45) is 0 Å². The quantitative estimate of drug-likeness (QED) is 0.717. The summed E-state index contributed by atoms with van der Waals surface area (Å²) in [5.74, 6) is 0.216. The van der Waals surface area contributed by atoms with E-state index in [9.17, 15) is 5.26 Å². The summed E-state index contributed by atoms with van der Waals surface area (Å²) >= 11 is 1.48. The normalized spacial score (nSPS) is 11.1. The first-order valence-corrected chi connectivity index (χ1v) is 6.72. The monoisotopic (exact) mass is 269 g/mol. The van der Waals surface area contributed by atoms with Gasteiger partial charge in [0.25, 0.3) is 0 Å².